The lowest BCUT2D eigenvalue weighted by Crippen LogP contribution is -2.51. The van der Waals surface area contributed by atoms with Crippen LogP contribution in [-0.4, -0.2) is 31.4 Å². The summed E-state index contributed by atoms with van der Waals surface area (Å²) in [5.74, 6) is 0. The third-order valence-corrected chi connectivity index (χ3v) is 6.35. The molecular weight excluding hydrogens is 296 g/mol. The van der Waals surface area contributed by atoms with Crippen LogP contribution in [0, 0.1) is 0 Å². The highest BCUT2D eigenvalue weighted by Gasteiger charge is 2.35. The molecule has 0 radical (unpaired) electrons. The first-order chi connectivity index (χ1) is 10.5. The molecule has 0 saturated carbocycles. The van der Waals surface area contributed by atoms with Crippen molar-refractivity contribution in [2.75, 3.05) is 6.54 Å². The Bertz CT molecular complexity index is 771. The van der Waals surface area contributed by atoms with Gasteiger partial charge in [-0.15, -0.1) is 0 Å². The van der Waals surface area contributed by atoms with Crippen LogP contribution in [-0.2, 0) is 10.0 Å². The second-order valence-electron chi connectivity index (χ2n) is 6.05. The molecular formula is C17H22N2O2S. The molecule has 3 rings (SSSR count). The van der Waals surface area contributed by atoms with Gasteiger partial charge < -0.3 is 5.73 Å². The first kappa shape index (κ1) is 15.5. The van der Waals surface area contributed by atoms with E-state index in [4.69, 9.17) is 5.73 Å². The van der Waals surface area contributed by atoms with Crippen molar-refractivity contribution in [2.45, 2.75) is 43.2 Å². The summed E-state index contributed by atoms with van der Waals surface area (Å²) in [4.78, 5) is 0.360. The smallest absolute Gasteiger partial charge is 0.243 e. The molecule has 0 aliphatic carbocycles. The highest BCUT2D eigenvalue weighted by molar-refractivity contribution is 7.89. The van der Waals surface area contributed by atoms with Gasteiger partial charge in [0.2, 0.25) is 10.0 Å². The van der Waals surface area contributed by atoms with Crippen molar-refractivity contribution >= 4 is 20.8 Å². The fourth-order valence-electron chi connectivity index (χ4n) is 3.22. The van der Waals surface area contributed by atoms with E-state index in [0.29, 0.717) is 11.4 Å². The maximum atomic E-state index is 13.0. The van der Waals surface area contributed by atoms with Crippen LogP contribution in [0.25, 0.3) is 10.8 Å². The van der Waals surface area contributed by atoms with Gasteiger partial charge in [-0.2, -0.15) is 4.31 Å². The highest BCUT2D eigenvalue weighted by atomic mass is 32.2. The highest BCUT2D eigenvalue weighted by Crippen LogP contribution is 2.28. The van der Waals surface area contributed by atoms with Crippen LogP contribution in [0.2, 0.25) is 0 Å². The zero-order valence-electron chi connectivity index (χ0n) is 12.8. The summed E-state index contributed by atoms with van der Waals surface area (Å²) in [5, 5.41) is 1.99. The molecule has 0 aromatic heterocycles. The molecule has 1 fully saturated rings. The molecule has 0 spiro atoms. The van der Waals surface area contributed by atoms with E-state index >= 15 is 0 Å². The zero-order chi connectivity index (χ0) is 15.7. The Morgan fingerprint density at radius 1 is 1.14 bits per heavy atom. The summed E-state index contributed by atoms with van der Waals surface area (Å²) < 4.78 is 27.6. The molecule has 1 saturated heterocycles. The standard InChI is InChI=1S/C17H22N2O2S/c1-13(18)17-8-4-5-11-19(17)22(20,21)16-10-9-14-6-2-3-7-15(14)12-16/h2-3,6-7,9-10,12-13,17H,4-5,8,11,18H2,1H3. The normalized spacial score (nSPS) is 21.8. The number of nitrogens with two attached hydrogens (primary N) is 1. The predicted molar refractivity (Wildman–Crippen MR) is 89.1 cm³/mol. The van der Waals surface area contributed by atoms with Crippen LogP contribution in [0.5, 0.6) is 0 Å². The molecule has 2 aromatic carbocycles. The van der Waals surface area contributed by atoms with Gasteiger partial charge in [0, 0.05) is 18.6 Å². The van der Waals surface area contributed by atoms with E-state index in [0.717, 1.165) is 30.0 Å². The lowest BCUT2D eigenvalue weighted by Gasteiger charge is -2.36. The molecule has 2 N–H and O–H groups in total. The summed E-state index contributed by atoms with van der Waals surface area (Å²) in [6.07, 6.45) is 2.77. The van der Waals surface area contributed by atoms with Crippen molar-refractivity contribution in [3.8, 4) is 0 Å². The van der Waals surface area contributed by atoms with Gasteiger partial charge in [-0.3, -0.25) is 0 Å². The molecule has 118 valence electrons. The molecule has 4 nitrogen and oxygen atoms in total. The average Bonchev–Trinajstić information content (AvgIpc) is 2.54. The Morgan fingerprint density at radius 3 is 2.59 bits per heavy atom. The lowest BCUT2D eigenvalue weighted by atomic mass is 10.00. The predicted octanol–water partition coefficient (Wildman–Crippen LogP) is 2.73. The van der Waals surface area contributed by atoms with Gasteiger partial charge in [0.15, 0.2) is 0 Å². The average molecular weight is 318 g/mol. The number of benzene rings is 2. The van der Waals surface area contributed by atoms with Gasteiger partial charge in [0.05, 0.1) is 4.90 Å². The summed E-state index contributed by atoms with van der Waals surface area (Å²) in [5.41, 5.74) is 6.02. The minimum Gasteiger partial charge on any atom is -0.326 e. The van der Waals surface area contributed by atoms with Crippen LogP contribution in [0.1, 0.15) is 26.2 Å². The quantitative estimate of drug-likeness (QED) is 0.946. The van der Waals surface area contributed by atoms with Crippen LogP contribution in [0.4, 0.5) is 0 Å². The molecule has 0 bridgehead atoms. The number of piperidine rings is 1. The summed E-state index contributed by atoms with van der Waals surface area (Å²) in [6, 6.07) is 12.9. The molecule has 2 unspecified atom stereocenters. The fourth-order valence-corrected chi connectivity index (χ4v) is 5.03. The summed E-state index contributed by atoms with van der Waals surface area (Å²) in [7, 11) is -3.49. The van der Waals surface area contributed by atoms with E-state index in [1.165, 1.54) is 0 Å². The first-order valence-corrected chi connectivity index (χ1v) is 9.20. The van der Waals surface area contributed by atoms with Crippen LogP contribution in [0.15, 0.2) is 47.4 Å². The van der Waals surface area contributed by atoms with E-state index in [2.05, 4.69) is 0 Å². The Labute approximate surface area is 132 Å². The van der Waals surface area contributed by atoms with Crippen molar-refractivity contribution in [1.82, 2.24) is 4.31 Å². The number of sulfonamides is 1. The Morgan fingerprint density at radius 2 is 1.86 bits per heavy atom. The second-order valence-corrected chi connectivity index (χ2v) is 7.94. The molecule has 1 heterocycles. The molecule has 2 aromatic rings. The van der Waals surface area contributed by atoms with Gasteiger partial charge in [-0.05, 0) is 42.7 Å². The van der Waals surface area contributed by atoms with Crippen molar-refractivity contribution < 1.29 is 8.42 Å². The van der Waals surface area contributed by atoms with Crippen molar-refractivity contribution in [1.29, 1.82) is 0 Å². The second kappa shape index (κ2) is 5.99. The van der Waals surface area contributed by atoms with Crippen molar-refractivity contribution in [3.63, 3.8) is 0 Å². The molecule has 1 aliphatic heterocycles. The van der Waals surface area contributed by atoms with E-state index < -0.39 is 10.0 Å². The zero-order valence-corrected chi connectivity index (χ0v) is 13.6. The lowest BCUT2D eigenvalue weighted by molar-refractivity contribution is 0.227. The van der Waals surface area contributed by atoms with Gasteiger partial charge in [0.1, 0.15) is 0 Å². The minimum absolute atomic E-state index is 0.106. The summed E-state index contributed by atoms with van der Waals surface area (Å²) >= 11 is 0. The molecule has 1 aliphatic rings. The Hall–Kier alpha value is -1.43. The van der Waals surface area contributed by atoms with E-state index in [9.17, 15) is 8.42 Å². The number of rotatable bonds is 3. The van der Waals surface area contributed by atoms with Gasteiger partial charge >= 0.3 is 0 Å². The maximum absolute atomic E-state index is 13.0. The molecule has 2 atom stereocenters. The SMILES string of the molecule is CC(N)C1CCCCN1S(=O)(=O)c1ccc2ccccc2c1. The Kier molecular flexibility index (Phi) is 4.21. The number of hydrogen-bond acceptors (Lipinski definition) is 3. The van der Waals surface area contributed by atoms with E-state index in [-0.39, 0.29) is 12.1 Å². The van der Waals surface area contributed by atoms with Crippen molar-refractivity contribution in [3.05, 3.63) is 42.5 Å². The van der Waals surface area contributed by atoms with Gasteiger partial charge in [-0.1, -0.05) is 36.8 Å². The van der Waals surface area contributed by atoms with Crippen LogP contribution in [0.3, 0.4) is 0 Å². The van der Waals surface area contributed by atoms with E-state index in [1.807, 2.05) is 37.3 Å². The third kappa shape index (κ3) is 2.76. The third-order valence-electron chi connectivity index (χ3n) is 4.43. The largest absolute Gasteiger partial charge is 0.326 e. The molecule has 0 amide bonds. The first-order valence-electron chi connectivity index (χ1n) is 7.76. The Balaban J connectivity index is 2.02. The van der Waals surface area contributed by atoms with Crippen LogP contribution < -0.4 is 5.73 Å². The van der Waals surface area contributed by atoms with Crippen LogP contribution >= 0.6 is 0 Å². The number of fused-ring (bicyclic) bond motifs is 1. The van der Waals surface area contributed by atoms with Gasteiger partial charge in [-0.25, -0.2) is 8.42 Å². The van der Waals surface area contributed by atoms with E-state index in [1.54, 1.807) is 16.4 Å². The van der Waals surface area contributed by atoms with Crippen molar-refractivity contribution in [2.24, 2.45) is 5.73 Å². The number of nitrogens with zero attached hydrogens (tertiary/aromatic N) is 1. The molecule has 5 heteroatoms. The number of hydrogen-bond donors (Lipinski definition) is 1. The topological polar surface area (TPSA) is 63.4 Å². The monoisotopic (exact) mass is 318 g/mol. The fraction of sp³-hybridized carbons (Fsp3) is 0.412. The minimum atomic E-state index is -3.49. The summed E-state index contributed by atoms with van der Waals surface area (Å²) in [6.45, 7) is 2.44. The molecule has 22 heavy (non-hydrogen) atoms. The maximum Gasteiger partial charge on any atom is 0.243 e. The van der Waals surface area contributed by atoms with Gasteiger partial charge in [0.25, 0.3) is 0 Å².